The summed E-state index contributed by atoms with van der Waals surface area (Å²) in [6, 6.07) is 0. The fraction of sp³-hybridized carbons (Fsp3) is 0.944. The first-order valence-electron chi connectivity index (χ1n) is 9.90. The Morgan fingerprint density at radius 1 is 1.23 bits per heavy atom. The molecule has 3 N–H and O–H groups in total. The number of nitrogens with zero attached hydrogens (tertiary/aromatic N) is 2. The summed E-state index contributed by atoms with van der Waals surface area (Å²) >= 11 is 0. The minimum atomic E-state index is -0.0907. The Labute approximate surface area is 175 Å². The minimum absolute atomic E-state index is 0. The van der Waals surface area contributed by atoms with Crippen LogP contribution in [0, 0.1) is 0 Å². The zero-order chi connectivity index (χ0) is 17.7. The van der Waals surface area contributed by atoms with Crippen molar-refractivity contribution in [3.63, 3.8) is 0 Å². The normalized spacial score (nSPS) is 22.2. The van der Waals surface area contributed by atoms with Crippen molar-refractivity contribution < 1.29 is 14.6 Å². The first kappa shape index (κ1) is 23.9. The molecule has 0 radical (unpaired) electrons. The van der Waals surface area contributed by atoms with E-state index in [9.17, 15) is 5.11 Å². The predicted octanol–water partition coefficient (Wildman–Crippen LogP) is 1.20. The monoisotopic (exact) mass is 484 g/mol. The molecule has 2 saturated heterocycles. The summed E-state index contributed by atoms with van der Waals surface area (Å²) in [5, 5.41) is 16.2. The molecule has 2 rings (SSSR count). The third-order valence-electron chi connectivity index (χ3n) is 4.66. The van der Waals surface area contributed by atoms with E-state index in [1.54, 1.807) is 0 Å². The molecule has 0 spiro atoms. The van der Waals surface area contributed by atoms with Gasteiger partial charge in [-0.05, 0) is 45.6 Å². The molecule has 8 heteroatoms. The van der Waals surface area contributed by atoms with Crippen molar-refractivity contribution in [1.82, 2.24) is 15.5 Å². The summed E-state index contributed by atoms with van der Waals surface area (Å²) in [4.78, 5) is 7.04. The van der Waals surface area contributed by atoms with Crippen LogP contribution in [0.25, 0.3) is 0 Å². The number of guanidine groups is 1. The Hall–Kier alpha value is -0.160. The second-order valence-electron chi connectivity index (χ2n) is 6.82. The van der Waals surface area contributed by atoms with Crippen LogP contribution in [0.15, 0.2) is 4.99 Å². The van der Waals surface area contributed by atoms with Crippen molar-refractivity contribution in [3.8, 4) is 0 Å². The van der Waals surface area contributed by atoms with E-state index in [2.05, 4.69) is 27.4 Å². The van der Waals surface area contributed by atoms with Crippen molar-refractivity contribution in [2.45, 2.75) is 51.2 Å². The van der Waals surface area contributed by atoms with Crippen LogP contribution in [-0.4, -0.2) is 87.3 Å². The lowest BCUT2D eigenvalue weighted by Crippen LogP contribution is -2.40. The van der Waals surface area contributed by atoms with Gasteiger partial charge in [0.15, 0.2) is 5.96 Å². The van der Waals surface area contributed by atoms with Gasteiger partial charge in [-0.1, -0.05) is 0 Å². The number of hydrogen-bond acceptors (Lipinski definition) is 5. The number of likely N-dealkylation sites (tertiary alicyclic amines) is 1. The summed E-state index contributed by atoms with van der Waals surface area (Å²) in [6.45, 7) is 10.1. The lowest BCUT2D eigenvalue weighted by Gasteiger charge is -2.29. The lowest BCUT2D eigenvalue weighted by molar-refractivity contribution is 0.0424. The van der Waals surface area contributed by atoms with E-state index < -0.39 is 0 Å². The summed E-state index contributed by atoms with van der Waals surface area (Å²) in [7, 11) is 0. The average molecular weight is 484 g/mol. The molecule has 0 aromatic heterocycles. The highest BCUT2D eigenvalue weighted by Crippen LogP contribution is 2.09. The van der Waals surface area contributed by atoms with E-state index in [0.717, 1.165) is 97.2 Å². The van der Waals surface area contributed by atoms with Gasteiger partial charge >= 0.3 is 0 Å². The number of hydrogen-bond donors (Lipinski definition) is 3. The van der Waals surface area contributed by atoms with Crippen LogP contribution in [0.5, 0.6) is 0 Å². The van der Waals surface area contributed by atoms with E-state index in [4.69, 9.17) is 9.47 Å². The molecular formula is C18H37IN4O3. The number of aliphatic imine (C=N–C) groups is 1. The zero-order valence-electron chi connectivity index (χ0n) is 16.1. The second-order valence-corrected chi connectivity index (χ2v) is 6.82. The van der Waals surface area contributed by atoms with Crippen molar-refractivity contribution in [2.24, 2.45) is 4.99 Å². The molecule has 0 bridgehead atoms. The molecule has 0 amide bonds. The van der Waals surface area contributed by atoms with Crippen LogP contribution in [0.1, 0.15) is 39.0 Å². The van der Waals surface area contributed by atoms with Crippen molar-refractivity contribution in [3.05, 3.63) is 0 Å². The molecule has 0 aromatic rings. The van der Waals surface area contributed by atoms with Crippen molar-refractivity contribution in [1.29, 1.82) is 0 Å². The van der Waals surface area contributed by atoms with Gasteiger partial charge in [0.1, 0.15) is 0 Å². The highest BCUT2D eigenvalue weighted by atomic mass is 127. The first-order valence-corrected chi connectivity index (χ1v) is 9.90. The zero-order valence-corrected chi connectivity index (χ0v) is 18.5. The highest BCUT2D eigenvalue weighted by molar-refractivity contribution is 14.0. The third kappa shape index (κ3) is 10.2. The summed E-state index contributed by atoms with van der Waals surface area (Å²) < 4.78 is 11.1. The maximum absolute atomic E-state index is 9.53. The SMILES string of the molecule is CCNC(=NCCCOC1CCOC1)NCCCN1CCC(O)CC1.I. The van der Waals surface area contributed by atoms with E-state index in [0.29, 0.717) is 0 Å². The van der Waals surface area contributed by atoms with Crippen LogP contribution in [-0.2, 0) is 9.47 Å². The van der Waals surface area contributed by atoms with E-state index in [-0.39, 0.29) is 36.2 Å². The lowest BCUT2D eigenvalue weighted by atomic mass is 10.1. The van der Waals surface area contributed by atoms with Gasteiger partial charge in [0.05, 0.1) is 18.8 Å². The predicted molar refractivity (Wildman–Crippen MR) is 115 cm³/mol. The first-order chi connectivity index (χ1) is 12.3. The molecular weight excluding hydrogens is 447 g/mol. The Bertz CT molecular complexity index is 373. The molecule has 2 aliphatic heterocycles. The van der Waals surface area contributed by atoms with Crippen LogP contribution < -0.4 is 10.6 Å². The Morgan fingerprint density at radius 3 is 2.73 bits per heavy atom. The number of halogens is 1. The Kier molecular flexibility index (Phi) is 13.6. The number of piperidine rings is 1. The molecule has 1 atom stereocenters. The smallest absolute Gasteiger partial charge is 0.191 e. The average Bonchev–Trinajstić information content (AvgIpc) is 3.13. The minimum Gasteiger partial charge on any atom is -0.393 e. The number of ether oxygens (including phenoxy) is 2. The molecule has 1 unspecified atom stereocenters. The van der Waals surface area contributed by atoms with Gasteiger partial charge in [0.2, 0.25) is 0 Å². The van der Waals surface area contributed by atoms with Gasteiger partial charge in [-0.2, -0.15) is 0 Å². The largest absolute Gasteiger partial charge is 0.393 e. The molecule has 0 aliphatic carbocycles. The quantitative estimate of drug-likeness (QED) is 0.187. The number of rotatable bonds is 10. The van der Waals surface area contributed by atoms with Gasteiger partial charge < -0.3 is 30.1 Å². The van der Waals surface area contributed by atoms with Gasteiger partial charge in [-0.25, -0.2) is 0 Å². The maximum atomic E-state index is 9.53. The topological polar surface area (TPSA) is 78.4 Å². The van der Waals surface area contributed by atoms with Crippen molar-refractivity contribution >= 4 is 29.9 Å². The molecule has 0 aromatic carbocycles. The van der Waals surface area contributed by atoms with Crippen LogP contribution in [0.3, 0.4) is 0 Å². The van der Waals surface area contributed by atoms with Gasteiger partial charge in [0, 0.05) is 45.9 Å². The molecule has 0 saturated carbocycles. The number of aliphatic hydroxyl groups is 1. The third-order valence-corrected chi connectivity index (χ3v) is 4.66. The Balaban J connectivity index is 0.00000338. The summed E-state index contributed by atoms with van der Waals surface area (Å²) in [5.41, 5.74) is 0. The number of aliphatic hydroxyl groups excluding tert-OH is 1. The fourth-order valence-electron chi connectivity index (χ4n) is 3.14. The molecule has 154 valence electrons. The van der Waals surface area contributed by atoms with E-state index >= 15 is 0 Å². The summed E-state index contributed by atoms with van der Waals surface area (Å²) in [6.07, 6.45) is 5.05. The van der Waals surface area contributed by atoms with Crippen LogP contribution >= 0.6 is 24.0 Å². The highest BCUT2D eigenvalue weighted by Gasteiger charge is 2.16. The van der Waals surface area contributed by atoms with Gasteiger partial charge in [-0.15, -0.1) is 24.0 Å². The number of nitrogens with one attached hydrogen (secondary N) is 2. The second kappa shape index (κ2) is 14.8. The van der Waals surface area contributed by atoms with Crippen LogP contribution in [0.2, 0.25) is 0 Å². The Morgan fingerprint density at radius 2 is 2.04 bits per heavy atom. The van der Waals surface area contributed by atoms with E-state index in [1.165, 1.54) is 0 Å². The summed E-state index contributed by atoms with van der Waals surface area (Å²) in [5.74, 6) is 0.890. The molecule has 7 nitrogen and oxygen atoms in total. The molecule has 2 heterocycles. The van der Waals surface area contributed by atoms with E-state index in [1.807, 2.05) is 0 Å². The van der Waals surface area contributed by atoms with Gasteiger partial charge in [-0.3, -0.25) is 4.99 Å². The van der Waals surface area contributed by atoms with Crippen LogP contribution in [0.4, 0.5) is 0 Å². The molecule has 2 aliphatic rings. The standard InChI is InChI=1S/C18H36N4O3.HI/c1-2-19-18(21-9-4-13-25-17-7-14-24-15-17)20-8-3-10-22-11-5-16(23)6-12-22;/h16-17,23H,2-15H2,1H3,(H2,19,20,21);1H. The van der Waals surface area contributed by atoms with Gasteiger partial charge in [0.25, 0.3) is 0 Å². The molecule has 2 fully saturated rings. The molecule has 26 heavy (non-hydrogen) atoms. The van der Waals surface area contributed by atoms with Crippen molar-refractivity contribution in [2.75, 3.05) is 59.1 Å². The maximum Gasteiger partial charge on any atom is 0.191 e. The fourth-order valence-corrected chi connectivity index (χ4v) is 3.14.